The first-order valence-corrected chi connectivity index (χ1v) is 4.95. The van der Waals surface area contributed by atoms with Crippen LogP contribution in [-0.4, -0.2) is 11.4 Å². The molecule has 2 nitrogen and oxygen atoms in total. The highest BCUT2D eigenvalue weighted by atomic mass is 35.5. The van der Waals surface area contributed by atoms with Crippen LogP contribution in [0.15, 0.2) is 18.2 Å². The van der Waals surface area contributed by atoms with Gasteiger partial charge in [-0.1, -0.05) is 11.6 Å². The summed E-state index contributed by atoms with van der Waals surface area (Å²) in [5.74, 6) is -0.892. The molecule has 0 bridgehead atoms. The maximum Gasteiger partial charge on any atom is 0.251 e. The van der Waals surface area contributed by atoms with Crippen molar-refractivity contribution in [2.24, 2.45) is 0 Å². The monoisotopic (exact) mass is 229 g/mol. The molecule has 0 saturated heterocycles. The minimum Gasteiger partial charge on any atom is -0.347 e. The van der Waals surface area contributed by atoms with E-state index in [2.05, 4.69) is 5.32 Å². The Bertz CT molecular complexity index is 385. The highest BCUT2D eigenvalue weighted by molar-refractivity contribution is 6.30. The van der Waals surface area contributed by atoms with E-state index >= 15 is 0 Å². The van der Waals surface area contributed by atoms with Crippen LogP contribution in [-0.2, 0) is 0 Å². The Kier molecular flexibility index (Phi) is 3.35. The largest absolute Gasteiger partial charge is 0.347 e. The first kappa shape index (κ1) is 12.0. The fourth-order valence-electron chi connectivity index (χ4n) is 1.05. The smallest absolute Gasteiger partial charge is 0.251 e. The summed E-state index contributed by atoms with van der Waals surface area (Å²) in [6, 6.07) is 3.99. The molecule has 0 radical (unpaired) electrons. The maximum absolute atomic E-state index is 13.1. The molecule has 0 aliphatic heterocycles. The number of benzene rings is 1. The highest BCUT2D eigenvalue weighted by Gasteiger charge is 2.16. The van der Waals surface area contributed by atoms with Gasteiger partial charge in [-0.3, -0.25) is 4.79 Å². The zero-order chi connectivity index (χ0) is 11.6. The third-order valence-corrected chi connectivity index (χ3v) is 1.98. The van der Waals surface area contributed by atoms with Crippen LogP contribution in [0.25, 0.3) is 0 Å². The Balaban J connectivity index is 2.88. The number of rotatable bonds is 1. The van der Waals surface area contributed by atoms with E-state index in [1.165, 1.54) is 12.1 Å². The Morgan fingerprint density at radius 1 is 1.40 bits per heavy atom. The molecule has 0 fully saturated rings. The highest BCUT2D eigenvalue weighted by Crippen LogP contribution is 2.16. The van der Waals surface area contributed by atoms with Crippen molar-refractivity contribution in [3.63, 3.8) is 0 Å². The van der Waals surface area contributed by atoms with Crippen LogP contribution in [0.2, 0.25) is 5.02 Å². The molecule has 0 saturated carbocycles. The minimum atomic E-state index is -0.585. The van der Waals surface area contributed by atoms with E-state index in [0.717, 1.165) is 6.07 Å². The van der Waals surface area contributed by atoms with Gasteiger partial charge in [0.2, 0.25) is 0 Å². The van der Waals surface area contributed by atoms with Crippen molar-refractivity contribution in [3.05, 3.63) is 34.6 Å². The Morgan fingerprint density at radius 3 is 2.47 bits per heavy atom. The van der Waals surface area contributed by atoms with Crippen molar-refractivity contribution in [1.82, 2.24) is 5.32 Å². The zero-order valence-electron chi connectivity index (χ0n) is 8.90. The van der Waals surface area contributed by atoms with Crippen molar-refractivity contribution in [3.8, 4) is 0 Å². The topological polar surface area (TPSA) is 29.1 Å². The molecule has 0 aliphatic rings. The molecule has 82 valence electrons. The molecular formula is C11H13ClFNO. The molecule has 1 amide bonds. The fraction of sp³-hybridized carbons (Fsp3) is 0.364. The predicted octanol–water partition coefficient (Wildman–Crippen LogP) is 3.01. The predicted molar refractivity (Wildman–Crippen MR) is 58.6 cm³/mol. The number of hydrogen-bond donors (Lipinski definition) is 1. The van der Waals surface area contributed by atoms with E-state index in [1.807, 2.05) is 20.8 Å². The lowest BCUT2D eigenvalue weighted by Crippen LogP contribution is -2.40. The first-order chi connectivity index (χ1) is 6.79. The van der Waals surface area contributed by atoms with Gasteiger partial charge < -0.3 is 5.32 Å². The van der Waals surface area contributed by atoms with Gasteiger partial charge in [0.05, 0.1) is 5.02 Å². The van der Waals surface area contributed by atoms with Crippen molar-refractivity contribution in [1.29, 1.82) is 0 Å². The molecule has 0 spiro atoms. The molecule has 0 atom stereocenters. The average Bonchev–Trinajstić information content (AvgIpc) is 2.06. The molecule has 15 heavy (non-hydrogen) atoms. The van der Waals surface area contributed by atoms with Crippen LogP contribution in [0.1, 0.15) is 31.1 Å². The van der Waals surface area contributed by atoms with Gasteiger partial charge in [0.25, 0.3) is 5.91 Å². The molecule has 0 aromatic heterocycles. The summed E-state index contributed by atoms with van der Waals surface area (Å²) in [6.07, 6.45) is 0. The Labute approximate surface area is 93.4 Å². The second-order valence-corrected chi connectivity index (χ2v) is 4.74. The van der Waals surface area contributed by atoms with Gasteiger partial charge in [0.15, 0.2) is 0 Å². The normalized spacial score (nSPS) is 11.3. The van der Waals surface area contributed by atoms with Crippen molar-refractivity contribution in [2.75, 3.05) is 0 Å². The van der Waals surface area contributed by atoms with Crippen molar-refractivity contribution in [2.45, 2.75) is 26.3 Å². The summed E-state index contributed by atoms with van der Waals surface area (Å²) in [5.41, 5.74) is -0.0699. The van der Waals surface area contributed by atoms with Gasteiger partial charge in [0, 0.05) is 11.1 Å². The molecule has 1 aromatic rings. The van der Waals surface area contributed by atoms with E-state index in [-0.39, 0.29) is 22.0 Å². The van der Waals surface area contributed by atoms with E-state index in [1.54, 1.807) is 0 Å². The summed E-state index contributed by atoms with van der Waals surface area (Å²) in [4.78, 5) is 11.6. The van der Waals surface area contributed by atoms with E-state index in [0.29, 0.717) is 0 Å². The molecule has 1 N–H and O–H groups in total. The van der Waals surface area contributed by atoms with Crippen molar-refractivity contribution >= 4 is 17.5 Å². The van der Waals surface area contributed by atoms with Gasteiger partial charge in [0.1, 0.15) is 5.82 Å². The van der Waals surface area contributed by atoms with Crippen LogP contribution in [0, 0.1) is 5.82 Å². The van der Waals surface area contributed by atoms with Gasteiger partial charge in [-0.25, -0.2) is 4.39 Å². The number of hydrogen-bond acceptors (Lipinski definition) is 1. The number of nitrogens with one attached hydrogen (secondary N) is 1. The van der Waals surface area contributed by atoms with Gasteiger partial charge >= 0.3 is 0 Å². The van der Waals surface area contributed by atoms with E-state index in [4.69, 9.17) is 11.6 Å². The number of amides is 1. The van der Waals surface area contributed by atoms with Crippen molar-refractivity contribution < 1.29 is 9.18 Å². The Hall–Kier alpha value is -1.09. The van der Waals surface area contributed by atoms with Gasteiger partial charge in [-0.05, 0) is 39.0 Å². The van der Waals surface area contributed by atoms with Crippen LogP contribution in [0.5, 0.6) is 0 Å². The summed E-state index contributed by atoms with van der Waals surface area (Å²) in [7, 11) is 0. The molecular weight excluding hydrogens is 217 g/mol. The van der Waals surface area contributed by atoms with Crippen LogP contribution in [0.4, 0.5) is 4.39 Å². The lowest BCUT2D eigenvalue weighted by atomic mass is 10.1. The van der Waals surface area contributed by atoms with Crippen LogP contribution < -0.4 is 5.32 Å². The van der Waals surface area contributed by atoms with E-state index in [9.17, 15) is 9.18 Å². The lowest BCUT2D eigenvalue weighted by Gasteiger charge is -2.20. The first-order valence-electron chi connectivity index (χ1n) is 4.57. The number of carbonyl (C=O) groups is 1. The van der Waals surface area contributed by atoms with Gasteiger partial charge in [-0.15, -0.1) is 0 Å². The molecule has 4 heteroatoms. The fourth-order valence-corrected chi connectivity index (χ4v) is 1.17. The standard InChI is InChI=1S/C11H13ClFNO/c1-11(2,3)14-10(15)7-4-5-8(12)9(13)6-7/h4-6H,1-3H3,(H,14,15). The number of halogens is 2. The molecule has 1 aromatic carbocycles. The summed E-state index contributed by atoms with van der Waals surface area (Å²) < 4.78 is 13.1. The quantitative estimate of drug-likeness (QED) is 0.788. The zero-order valence-corrected chi connectivity index (χ0v) is 9.65. The third-order valence-electron chi connectivity index (χ3n) is 1.67. The number of carbonyl (C=O) groups excluding carboxylic acids is 1. The molecule has 1 rings (SSSR count). The van der Waals surface area contributed by atoms with Crippen LogP contribution >= 0.6 is 11.6 Å². The maximum atomic E-state index is 13.1. The molecule has 0 heterocycles. The summed E-state index contributed by atoms with van der Waals surface area (Å²) in [5, 5.41) is 2.75. The second kappa shape index (κ2) is 4.19. The molecule has 0 unspecified atom stereocenters. The Morgan fingerprint density at radius 2 is 2.00 bits per heavy atom. The SMILES string of the molecule is CC(C)(C)NC(=O)c1ccc(Cl)c(F)c1. The third kappa shape index (κ3) is 3.51. The summed E-state index contributed by atoms with van der Waals surface area (Å²) >= 11 is 5.51. The van der Waals surface area contributed by atoms with Gasteiger partial charge in [-0.2, -0.15) is 0 Å². The second-order valence-electron chi connectivity index (χ2n) is 4.33. The van der Waals surface area contributed by atoms with E-state index < -0.39 is 5.82 Å². The minimum absolute atomic E-state index is 0.0160. The van der Waals surface area contributed by atoms with Crippen LogP contribution in [0.3, 0.4) is 0 Å². The molecule has 0 aliphatic carbocycles. The summed E-state index contributed by atoms with van der Waals surface area (Å²) in [6.45, 7) is 5.57. The lowest BCUT2D eigenvalue weighted by molar-refractivity contribution is 0.0919. The average molecular weight is 230 g/mol.